The smallest absolute Gasteiger partial charge is 0.246 e. The second-order valence-electron chi connectivity index (χ2n) is 7.35. The molecule has 0 radical (unpaired) electrons. The minimum atomic E-state index is -0.117. The highest BCUT2D eigenvalue weighted by molar-refractivity contribution is 5.93. The molecule has 0 bridgehead atoms. The Balaban J connectivity index is 1.45. The summed E-state index contributed by atoms with van der Waals surface area (Å²) >= 11 is 0. The van der Waals surface area contributed by atoms with Gasteiger partial charge in [-0.15, -0.1) is 0 Å². The van der Waals surface area contributed by atoms with E-state index < -0.39 is 0 Å². The van der Waals surface area contributed by atoms with Crippen LogP contribution in [-0.2, 0) is 22.6 Å². The Hall–Kier alpha value is -3.41. The normalized spacial score (nSPS) is 13.9. The maximum Gasteiger partial charge on any atom is 0.246 e. The molecule has 2 amide bonds. The molecule has 0 spiro atoms. The van der Waals surface area contributed by atoms with E-state index in [4.69, 9.17) is 4.42 Å². The minimum Gasteiger partial charge on any atom is -0.459 e. The predicted molar refractivity (Wildman–Crippen MR) is 112 cm³/mol. The van der Waals surface area contributed by atoms with Crippen molar-refractivity contribution >= 4 is 34.7 Å². The van der Waals surface area contributed by atoms with Gasteiger partial charge in [0, 0.05) is 36.7 Å². The van der Waals surface area contributed by atoms with Gasteiger partial charge in [-0.25, -0.2) is 4.98 Å². The van der Waals surface area contributed by atoms with E-state index in [-0.39, 0.29) is 11.8 Å². The van der Waals surface area contributed by atoms with Crippen LogP contribution < -0.4 is 5.32 Å². The number of nitrogens with one attached hydrogen (secondary N) is 1. The number of nitrogens with zero attached hydrogens (tertiary/aromatic N) is 2. The van der Waals surface area contributed by atoms with Gasteiger partial charge in [0.25, 0.3) is 0 Å². The van der Waals surface area contributed by atoms with Crippen LogP contribution >= 0.6 is 0 Å². The second-order valence-corrected chi connectivity index (χ2v) is 7.35. The third kappa shape index (κ3) is 4.06. The zero-order valence-electron chi connectivity index (χ0n) is 16.6. The molecule has 1 aromatic carbocycles. The van der Waals surface area contributed by atoms with E-state index in [2.05, 4.69) is 10.3 Å². The number of amides is 2. The number of pyridine rings is 1. The number of carbonyl (C=O) groups is 2. The predicted octanol–water partition coefficient (Wildman–Crippen LogP) is 4.08. The fourth-order valence-electron chi connectivity index (χ4n) is 3.52. The SMILES string of the molecule is Cc1c(CN(C)C(=O)/C=C/c2cnc3c(c2)CCCC(=O)N3)oc2ccccc12. The number of carbonyl (C=O) groups excluding carboxylic acids is 2. The zero-order valence-corrected chi connectivity index (χ0v) is 16.6. The first-order valence-electron chi connectivity index (χ1n) is 9.70. The summed E-state index contributed by atoms with van der Waals surface area (Å²) in [6, 6.07) is 9.84. The van der Waals surface area contributed by atoms with Gasteiger partial charge in [0.05, 0.1) is 6.54 Å². The number of rotatable bonds is 4. The van der Waals surface area contributed by atoms with Crippen LogP contribution in [0.15, 0.2) is 47.0 Å². The molecule has 1 N–H and O–H groups in total. The maximum atomic E-state index is 12.6. The van der Waals surface area contributed by atoms with Gasteiger partial charge in [0.15, 0.2) is 0 Å². The largest absolute Gasteiger partial charge is 0.459 e. The number of anilines is 1. The Labute approximate surface area is 169 Å². The van der Waals surface area contributed by atoms with Gasteiger partial charge in [0.2, 0.25) is 11.8 Å². The average Bonchev–Trinajstić information content (AvgIpc) is 2.90. The number of likely N-dealkylation sites (N-methyl/N-ethyl adjacent to an activating group) is 1. The van der Waals surface area contributed by atoms with E-state index in [1.165, 1.54) is 6.08 Å². The third-order valence-electron chi connectivity index (χ3n) is 5.21. The number of furan rings is 1. The molecule has 1 aliphatic heterocycles. The summed E-state index contributed by atoms with van der Waals surface area (Å²) in [6.45, 7) is 2.41. The molecule has 3 heterocycles. The summed E-state index contributed by atoms with van der Waals surface area (Å²) in [5, 5.41) is 3.89. The van der Waals surface area contributed by atoms with E-state index in [0.717, 1.165) is 46.3 Å². The lowest BCUT2D eigenvalue weighted by Gasteiger charge is -2.14. The second kappa shape index (κ2) is 7.91. The molecule has 2 aromatic heterocycles. The first kappa shape index (κ1) is 18.9. The van der Waals surface area contributed by atoms with E-state index in [1.54, 1.807) is 24.2 Å². The molecule has 0 unspecified atom stereocenters. The molecule has 0 saturated carbocycles. The zero-order chi connectivity index (χ0) is 20.4. The van der Waals surface area contributed by atoms with Gasteiger partial charge in [-0.3, -0.25) is 9.59 Å². The van der Waals surface area contributed by atoms with Crippen LogP contribution in [0.2, 0.25) is 0 Å². The lowest BCUT2D eigenvalue weighted by atomic mass is 10.1. The fraction of sp³-hybridized carbons (Fsp3) is 0.261. The molecule has 0 saturated heterocycles. The maximum absolute atomic E-state index is 12.6. The molecule has 6 nitrogen and oxygen atoms in total. The van der Waals surface area contributed by atoms with Crippen LogP contribution in [-0.4, -0.2) is 28.7 Å². The van der Waals surface area contributed by atoms with E-state index in [0.29, 0.717) is 18.8 Å². The number of aryl methyl sites for hydroxylation is 2. The van der Waals surface area contributed by atoms with Crippen molar-refractivity contribution in [2.45, 2.75) is 32.7 Å². The minimum absolute atomic E-state index is 0.00257. The van der Waals surface area contributed by atoms with Crippen LogP contribution in [0, 0.1) is 6.92 Å². The summed E-state index contributed by atoms with van der Waals surface area (Å²) in [7, 11) is 1.75. The van der Waals surface area contributed by atoms with Crippen molar-refractivity contribution < 1.29 is 14.0 Å². The molecule has 0 aliphatic carbocycles. The first-order chi connectivity index (χ1) is 14.0. The lowest BCUT2D eigenvalue weighted by molar-refractivity contribution is -0.125. The quantitative estimate of drug-likeness (QED) is 0.682. The monoisotopic (exact) mass is 389 g/mol. The Kier molecular flexibility index (Phi) is 5.16. The van der Waals surface area contributed by atoms with Crippen molar-refractivity contribution in [3.63, 3.8) is 0 Å². The fourth-order valence-corrected chi connectivity index (χ4v) is 3.52. The van der Waals surface area contributed by atoms with E-state index in [1.807, 2.05) is 37.3 Å². The lowest BCUT2D eigenvalue weighted by Crippen LogP contribution is -2.24. The summed E-state index contributed by atoms with van der Waals surface area (Å²) in [5.41, 5.74) is 3.72. The topological polar surface area (TPSA) is 75.4 Å². The van der Waals surface area contributed by atoms with Gasteiger partial charge in [-0.1, -0.05) is 18.2 Å². The number of para-hydroxylation sites is 1. The van der Waals surface area contributed by atoms with Gasteiger partial charge in [0.1, 0.15) is 17.2 Å². The highest BCUT2D eigenvalue weighted by Crippen LogP contribution is 2.26. The van der Waals surface area contributed by atoms with Gasteiger partial charge >= 0.3 is 0 Å². The number of hydrogen-bond donors (Lipinski definition) is 1. The molecular weight excluding hydrogens is 366 g/mol. The Morgan fingerprint density at radius 2 is 2.14 bits per heavy atom. The highest BCUT2D eigenvalue weighted by Gasteiger charge is 2.15. The van der Waals surface area contributed by atoms with Crippen molar-refractivity contribution in [3.8, 4) is 0 Å². The summed E-state index contributed by atoms with van der Waals surface area (Å²) in [4.78, 5) is 30.1. The average molecular weight is 389 g/mol. The number of fused-ring (bicyclic) bond motifs is 2. The van der Waals surface area contributed by atoms with Crippen LogP contribution in [0.4, 0.5) is 5.82 Å². The van der Waals surface area contributed by atoms with Crippen molar-refractivity contribution in [2.75, 3.05) is 12.4 Å². The molecule has 4 rings (SSSR count). The molecule has 3 aromatic rings. The number of aromatic nitrogens is 1. The van der Waals surface area contributed by atoms with E-state index in [9.17, 15) is 9.59 Å². The van der Waals surface area contributed by atoms with Crippen molar-refractivity contribution in [1.29, 1.82) is 0 Å². The van der Waals surface area contributed by atoms with Crippen LogP contribution in [0.5, 0.6) is 0 Å². The molecule has 1 aliphatic rings. The Morgan fingerprint density at radius 3 is 2.97 bits per heavy atom. The van der Waals surface area contributed by atoms with Gasteiger partial charge in [-0.05, 0) is 49.1 Å². The molecule has 29 heavy (non-hydrogen) atoms. The Morgan fingerprint density at radius 1 is 1.31 bits per heavy atom. The van der Waals surface area contributed by atoms with Crippen LogP contribution in [0.1, 0.15) is 35.3 Å². The first-order valence-corrected chi connectivity index (χ1v) is 9.70. The van der Waals surface area contributed by atoms with Gasteiger partial charge in [-0.2, -0.15) is 0 Å². The van der Waals surface area contributed by atoms with Crippen molar-refractivity contribution in [3.05, 3.63) is 65.1 Å². The molecule has 148 valence electrons. The summed E-state index contributed by atoms with van der Waals surface area (Å²) in [6.07, 6.45) is 7.05. The number of benzene rings is 1. The van der Waals surface area contributed by atoms with Crippen LogP contribution in [0.25, 0.3) is 17.0 Å². The summed E-state index contributed by atoms with van der Waals surface area (Å²) in [5.74, 6) is 1.29. The van der Waals surface area contributed by atoms with Gasteiger partial charge < -0.3 is 14.6 Å². The molecule has 0 fully saturated rings. The van der Waals surface area contributed by atoms with Crippen molar-refractivity contribution in [2.24, 2.45) is 0 Å². The van der Waals surface area contributed by atoms with Crippen LogP contribution in [0.3, 0.4) is 0 Å². The summed E-state index contributed by atoms with van der Waals surface area (Å²) < 4.78 is 5.90. The van der Waals surface area contributed by atoms with E-state index >= 15 is 0 Å². The molecule has 0 atom stereocenters. The standard InChI is InChI=1S/C23H23N3O3/c1-15-18-7-3-4-8-19(18)29-20(15)14-26(2)22(28)11-10-16-12-17-6-5-9-21(27)25-23(17)24-13-16/h3-4,7-8,10-13H,5-6,9,14H2,1-2H3,(H,24,25,27)/b11-10+. The highest BCUT2D eigenvalue weighted by atomic mass is 16.3. The third-order valence-corrected chi connectivity index (χ3v) is 5.21. The van der Waals surface area contributed by atoms with Crippen molar-refractivity contribution in [1.82, 2.24) is 9.88 Å². The Bertz CT molecular complexity index is 1110. The molecule has 6 heteroatoms. The molecular formula is C23H23N3O3. The number of hydrogen-bond acceptors (Lipinski definition) is 4.